The second-order valence-corrected chi connectivity index (χ2v) is 11.3. The van der Waals surface area contributed by atoms with Gasteiger partial charge in [0.05, 0.1) is 25.0 Å². The molecule has 1 aliphatic heterocycles. The van der Waals surface area contributed by atoms with Gasteiger partial charge in [-0.05, 0) is 67.8 Å². The average Bonchev–Trinajstić information content (AvgIpc) is 3.50. The number of imide groups is 1. The largest absolute Gasteiger partial charge is 0.504 e. The molecule has 1 fully saturated rings. The molecule has 3 aliphatic carbocycles. The van der Waals surface area contributed by atoms with Gasteiger partial charge in [0.15, 0.2) is 23.1 Å². The second kappa shape index (κ2) is 9.20. The molecule has 0 radical (unpaired) electrons. The van der Waals surface area contributed by atoms with E-state index in [2.05, 4.69) is 0 Å². The number of Topliss-reactive ketones (excluding diaryl/α,β-unsaturated/α-hetero) is 1. The molecule has 1 aromatic heterocycles. The van der Waals surface area contributed by atoms with Gasteiger partial charge >= 0.3 is 0 Å². The number of likely N-dealkylation sites (tertiary alicyclic amines) is 1. The molecule has 2 amide bonds. The number of hydrogen-bond acceptors (Lipinski definition) is 7. The third-order valence-corrected chi connectivity index (χ3v) is 9.03. The fourth-order valence-corrected chi connectivity index (χ4v) is 7.19. The number of aromatic hydroxyl groups is 1. The molecular formula is C30H27NO6S. The molecule has 0 saturated carbocycles. The van der Waals surface area contributed by atoms with Crippen molar-refractivity contribution in [2.45, 2.75) is 39.2 Å². The summed E-state index contributed by atoms with van der Waals surface area (Å²) in [6, 6.07) is 8.78. The van der Waals surface area contributed by atoms with Crippen LogP contribution in [0.3, 0.4) is 0 Å². The number of allylic oxidation sites excluding steroid dienone is 6. The highest BCUT2D eigenvalue weighted by Crippen LogP contribution is 2.55. The number of ether oxygens (including phenoxy) is 1. The van der Waals surface area contributed by atoms with Gasteiger partial charge in [-0.1, -0.05) is 23.8 Å². The first-order valence-electron chi connectivity index (χ1n) is 12.8. The Labute approximate surface area is 224 Å². The standard InChI is InChI=1S/C30H27NO6S/c1-3-37-24-12-16(6-9-22(24)32)25-18-7-8-19-26(30(36)31(29(19)35)14-17-5-4-10-38-17)20(18)13-21-23(33)11-15(2)28(34)27(21)25/h4-7,9-12,19-20,25-26,32H,3,8,13-14H2,1-2H3. The second-order valence-electron chi connectivity index (χ2n) is 10.2. The van der Waals surface area contributed by atoms with Gasteiger partial charge in [0.1, 0.15) is 0 Å². The highest BCUT2D eigenvalue weighted by molar-refractivity contribution is 7.09. The van der Waals surface area contributed by atoms with Crippen molar-refractivity contribution in [3.05, 3.63) is 80.6 Å². The normalized spacial score (nSPS) is 26.6. The highest BCUT2D eigenvalue weighted by Gasteiger charge is 2.56. The summed E-state index contributed by atoms with van der Waals surface area (Å²) >= 11 is 1.50. The molecule has 4 aliphatic rings. The van der Waals surface area contributed by atoms with Gasteiger partial charge in [0.25, 0.3) is 0 Å². The van der Waals surface area contributed by atoms with Crippen LogP contribution in [0, 0.1) is 17.8 Å². The van der Waals surface area contributed by atoms with Gasteiger partial charge in [-0.15, -0.1) is 11.3 Å². The SMILES string of the molecule is CCOc1cc(C2C3=CCC4C(=O)N(Cc5cccs5)C(=O)C4C3CC3=C2C(=O)C(C)=CC3=O)ccc1O. The Morgan fingerprint density at radius 3 is 2.66 bits per heavy atom. The van der Waals surface area contributed by atoms with Gasteiger partial charge in [0, 0.05) is 27.5 Å². The molecule has 4 atom stereocenters. The van der Waals surface area contributed by atoms with Crippen LogP contribution < -0.4 is 4.74 Å². The first kappa shape index (κ1) is 24.6. The van der Waals surface area contributed by atoms with E-state index in [-0.39, 0.29) is 48.0 Å². The fraction of sp³-hybridized carbons (Fsp3) is 0.333. The monoisotopic (exact) mass is 529 g/mol. The van der Waals surface area contributed by atoms with Crippen LogP contribution in [0.2, 0.25) is 0 Å². The zero-order chi connectivity index (χ0) is 26.7. The zero-order valence-electron chi connectivity index (χ0n) is 21.1. The lowest BCUT2D eigenvalue weighted by Crippen LogP contribution is -2.39. The molecule has 1 aromatic carbocycles. The zero-order valence-corrected chi connectivity index (χ0v) is 21.9. The smallest absolute Gasteiger partial charge is 0.234 e. The minimum Gasteiger partial charge on any atom is -0.504 e. The van der Waals surface area contributed by atoms with Crippen molar-refractivity contribution < 1.29 is 29.0 Å². The molecule has 2 aromatic rings. The van der Waals surface area contributed by atoms with Gasteiger partial charge in [-0.2, -0.15) is 0 Å². The lowest BCUT2D eigenvalue weighted by atomic mass is 9.59. The molecule has 1 saturated heterocycles. The Hall–Kier alpha value is -3.78. The van der Waals surface area contributed by atoms with Crippen LogP contribution in [0.25, 0.3) is 0 Å². The summed E-state index contributed by atoms with van der Waals surface area (Å²) in [4.78, 5) is 56.2. The highest BCUT2D eigenvalue weighted by atomic mass is 32.1. The number of nitrogens with zero attached hydrogens (tertiary/aromatic N) is 1. The quantitative estimate of drug-likeness (QED) is 0.348. The number of carbonyl (C=O) groups excluding carboxylic acids is 4. The number of fused-ring (bicyclic) bond motifs is 3. The van der Waals surface area contributed by atoms with E-state index in [4.69, 9.17) is 4.74 Å². The van der Waals surface area contributed by atoms with Crippen molar-refractivity contribution in [2.24, 2.45) is 17.8 Å². The van der Waals surface area contributed by atoms with Crippen molar-refractivity contribution in [3.63, 3.8) is 0 Å². The minimum atomic E-state index is -0.586. The van der Waals surface area contributed by atoms with Crippen LogP contribution in [0.1, 0.15) is 43.0 Å². The van der Waals surface area contributed by atoms with Crippen LogP contribution in [0.4, 0.5) is 0 Å². The Morgan fingerprint density at radius 2 is 1.92 bits per heavy atom. The molecule has 194 valence electrons. The number of amides is 2. The molecular weight excluding hydrogens is 502 g/mol. The van der Waals surface area contributed by atoms with Gasteiger partial charge < -0.3 is 9.84 Å². The summed E-state index contributed by atoms with van der Waals surface area (Å²) in [5.41, 5.74) is 2.81. The van der Waals surface area contributed by atoms with Gasteiger partial charge in [-0.3, -0.25) is 24.1 Å². The predicted molar refractivity (Wildman–Crippen MR) is 140 cm³/mol. The Bertz CT molecular complexity index is 1480. The van der Waals surface area contributed by atoms with E-state index >= 15 is 0 Å². The van der Waals surface area contributed by atoms with E-state index < -0.39 is 17.8 Å². The number of benzene rings is 1. The maximum atomic E-state index is 13.8. The summed E-state index contributed by atoms with van der Waals surface area (Å²) < 4.78 is 5.62. The summed E-state index contributed by atoms with van der Waals surface area (Å²) in [5, 5.41) is 12.2. The number of rotatable bonds is 5. The van der Waals surface area contributed by atoms with E-state index in [1.54, 1.807) is 19.1 Å². The third-order valence-electron chi connectivity index (χ3n) is 8.17. The summed E-state index contributed by atoms with van der Waals surface area (Å²) in [6.07, 6.45) is 4.02. The molecule has 0 bridgehead atoms. The summed E-state index contributed by atoms with van der Waals surface area (Å²) in [6.45, 7) is 4.05. The topological polar surface area (TPSA) is 101 Å². The Kier molecular flexibility index (Phi) is 5.94. The number of ketones is 2. The van der Waals surface area contributed by atoms with Crippen LogP contribution in [-0.4, -0.2) is 40.0 Å². The first-order chi connectivity index (χ1) is 18.3. The van der Waals surface area contributed by atoms with Crippen LogP contribution in [-0.2, 0) is 25.7 Å². The van der Waals surface area contributed by atoms with E-state index in [0.29, 0.717) is 41.1 Å². The molecule has 6 rings (SSSR count). The lowest BCUT2D eigenvalue weighted by molar-refractivity contribution is -0.140. The molecule has 2 heterocycles. The fourth-order valence-electron chi connectivity index (χ4n) is 6.50. The minimum absolute atomic E-state index is 0.0160. The molecule has 8 heteroatoms. The maximum Gasteiger partial charge on any atom is 0.234 e. The summed E-state index contributed by atoms with van der Waals surface area (Å²) in [5.74, 6) is -2.54. The Morgan fingerprint density at radius 1 is 1.11 bits per heavy atom. The van der Waals surface area contributed by atoms with Crippen LogP contribution >= 0.6 is 11.3 Å². The first-order valence-corrected chi connectivity index (χ1v) is 13.7. The van der Waals surface area contributed by atoms with E-state index in [0.717, 1.165) is 10.5 Å². The molecule has 7 nitrogen and oxygen atoms in total. The summed E-state index contributed by atoms with van der Waals surface area (Å²) in [7, 11) is 0. The number of carbonyl (C=O) groups is 4. The lowest BCUT2D eigenvalue weighted by Gasteiger charge is -2.42. The molecule has 0 spiro atoms. The van der Waals surface area contributed by atoms with E-state index in [1.165, 1.54) is 28.4 Å². The number of hydrogen-bond donors (Lipinski definition) is 1. The number of phenols is 1. The van der Waals surface area contributed by atoms with Crippen LogP contribution in [0.15, 0.2) is 70.2 Å². The average molecular weight is 530 g/mol. The van der Waals surface area contributed by atoms with Crippen molar-refractivity contribution >= 4 is 34.7 Å². The van der Waals surface area contributed by atoms with E-state index in [1.807, 2.05) is 30.5 Å². The third kappa shape index (κ3) is 3.69. The van der Waals surface area contributed by atoms with Crippen molar-refractivity contribution in [1.82, 2.24) is 4.90 Å². The van der Waals surface area contributed by atoms with Crippen molar-refractivity contribution in [1.29, 1.82) is 0 Å². The van der Waals surface area contributed by atoms with Crippen molar-refractivity contribution in [2.75, 3.05) is 6.61 Å². The predicted octanol–water partition coefficient (Wildman–Crippen LogP) is 4.48. The Balaban J connectivity index is 1.46. The van der Waals surface area contributed by atoms with Crippen LogP contribution in [0.5, 0.6) is 11.5 Å². The number of phenolic OH excluding ortho intramolecular Hbond substituents is 1. The maximum absolute atomic E-state index is 13.8. The molecule has 38 heavy (non-hydrogen) atoms. The van der Waals surface area contributed by atoms with Crippen molar-refractivity contribution in [3.8, 4) is 11.5 Å². The number of thiophene rings is 1. The van der Waals surface area contributed by atoms with Gasteiger partial charge in [-0.25, -0.2) is 0 Å². The van der Waals surface area contributed by atoms with E-state index in [9.17, 15) is 24.3 Å². The molecule has 4 unspecified atom stereocenters. The van der Waals surface area contributed by atoms with Gasteiger partial charge in [0.2, 0.25) is 11.8 Å². The molecule has 1 N–H and O–H groups in total.